The van der Waals surface area contributed by atoms with Gasteiger partial charge < -0.3 is 10.6 Å². The Labute approximate surface area is 146 Å². The average Bonchev–Trinajstić information content (AvgIpc) is 3.44. The fourth-order valence-corrected chi connectivity index (χ4v) is 2.80. The number of para-hydroxylation sites is 1. The summed E-state index contributed by atoms with van der Waals surface area (Å²) in [5.41, 5.74) is 2.08. The van der Waals surface area contributed by atoms with Crippen LogP contribution in [0.25, 0.3) is 0 Å². The summed E-state index contributed by atoms with van der Waals surface area (Å²) in [4.78, 5) is 24.4. The first-order valence-corrected chi connectivity index (χ1v) is 8.30. The second kappa shape index (κ2) is 7.63. The molecule has 2 atom stereocenters. The zero-order valence-electron chi connectivity index (χ0n) is 13.7. The molecule has 2 aromatic carbocycles. The lowest BCUT2D eigenvalue weighted by molar-refractivity contribution is -0.125. The highest BCUT2D eigenvalue weighted by molar-refractivity contribution is 6.00. The van der Waals surface area contributed by atoms with E-state index in [0.29, 0.717) is 24.2 Å². The second-order valence-corrected chi connectivity index (χ2v) is 6.12. The van der Waals surface area contributed by atoms with E-state index in [-0.39, 0.29) is 23.7 Å². The lowest BCUT2D eigenvalue weighted by Gasteiger charge is -2.07. The molecule has 0 radical (unpaired) electrons. The molecule has 5 heteroatoms. The minimum atomic E-state index is -0.316. The van der Waals surface area contributed by atoms with Crippen molar-refractivity contribution >= 4 is 17.5 Å². The number of anilines is 1. The number of hydrogen-bond donors (Lipinski definition) is 2. The van der Waals surface area contributed by atoms with Crippen LogP contribution in [-0.2, 0) is 16.0 Å². The summed E-state index contributed by atoms with van der Waals surface area (Å²) in [5, 5.41) is 14.7. The molecular weight excluding hydrogens is 314 g/mol. The number of carbonyl (C=O) groups excluding carboxylic acids is 2. The SMILES string of the molecule is N#Cc1ccccc1NC(=O)C1CC1C(=O)NCCc1ccccc1. The summed E-state index contributed by atoms with van der Waals surface area (Å²) in [7, 11) is 0. The number of nitriles is 1. The van der Waals surface area contributed by atoms with Gasteiger partial charge in [0.2, 0.25) is 11.8 Å². The molecule has 0 bridgehead atoms. The first-order valence-electron chi connectivity index (χ1n) is 8.30. The van der Waals surface area contributed by atoms with Crippen LogP contribution in [0.5, 0.6) is 0 Å². The van der Waals surface area contributed by atoms with E-state index in [1.807, 2.05) is 36.4 Å². The Morgan fingerprint density at radius 3 is 2.44 bits per heavy atom. The van der Waals surface area contributed by atoms with Gasteiger partial charge in [-0.1, -0.05) is 42.5 Å². The Bertz CT molecular complexity index is 811. The monoisotopic (exact) mass is 333 g/mol. The van der Waals surface area contributed by atoms with E-state index in [4.69, 9.17) is 5.26 Å². The Balaban J connectivity index is 1.46. The molecule has 0 heterocycles. The van der Waals surface area contributed by atoms with Crippen LogP contribution in [0.1, 0.15) is 17.5 Å². The molecule has 5 nitrogen and oxygen atoms in total. The Morgan fingerprint density at radius 1 is 1.00 bits per heavy atom. The zero-order valence-corrected chi connectivity index (χ0v) is 13.7. The number of nitrogens with one attached hydrogen (secondary N) is 2. The van der Waals surface area contributed by atoms with Crippen LogP contribution in [0, 0.1) is 23.2 Å². The van der Waals surface area contributed by atoms with Crippen molar-refractivity contribution in [3.63, 3.8) is 0 Å². The lowest BCUT2D eigenvalue weighted by Crippen LogP contribution is -2.29. The minimum absolute atomic E-state index is 0.0790. The fourth-order valence-electron chi connectivity index (χ4n) is 2.80. The molecule has 1 fully saturated rings. The summed E-state index contributed by atoms with van der Waals surface area (Å²) in [6, 6.07) is 18.8. The minimum Gasteiger partial charge on any atom is -0.356 e. The predicted octanol–water partition coefficient (Wildman–Crippen LogP) is 2.49. The summed E-state index contributed by atoms with van der Waals surface area (Å²) < 4.78 is 0. The van der Waals surface area contributed by atoms with Crippen LogP contribution in [0.3, 0.4) is 0 Å². The van der Waals surface area contributed by atoms with Crippen molar-refractivity contribution in [2.75, 3.05) is 11.9 Å². The average molecular weight is 333 g/mol. The summed E-state index contributed by atoms with van der Waals surface area (Å²) in [6.07, 6.45) is 1.32. The Morgan fingerprint density at radius 2 is 1.68 bits per heavy atom. The van der Waals surface area contributed by atoms with E-state index in [9.17, 15) is 9.59 Å². The van der Waals surface area contributed by atoms with E-state index >= 15 is 0 Å². The first-order chi connectivity index (χ1) is 12.2. The third-order valence-corrected chi connectivity index (χ3v) is 4.33. The van der Waals surface area contributed by atoms with Crippen molar-refractivity contribution in [1.82, 2.24) is 5.32 Å². The van der Waals surface area contributed by atoms with Gasteiger partial charge in [-0.3, -0.25) is 9.59 Å². The molecule has 2 amide bonds. The van der Waals surface area contributed by atoms with Crippen molar-refractivity contribution in [3.05, 3.63) is 65.7 Å². The molecule has 0 spiro atoms. The molecule has 126 valence electrons. The third kappa shape index (κ3) is 4.24. The lowest BCUT2D eigenvalue weighted by atomic mass is 10.1. The highest BCUT2D eigenvalue weighted by atomic mass is 16.2. The fraction of sp³-hybridized carbons (Fsp3) is 0.250. The standard InChI is InChI=1S/C20H19N3O2/c21-13-15-8-4-5-9-18(15)23-20(25)17-12-16(17)19(24)22-11-10-14-6-2-1-3-7-14/h1-9,16-17H,10-12H2,(H,22,24)(H,23,25). The molecule has 25 heavy (non-hydrogen) atoms. The van der Waals surface area contributed by atoms with Gasteiger partial charge in [0, 0.05) is 6.54 Å². The third-order valence-electron chi connectivity index (χ3n) is 4.33. The number of hydrogen-bond acceptors (Lipinski definition) is 3. The summed E-state index contributed by atoms with van der Waals surface area (Å²) >= 11 is 0. The highest BCUT2D eigenvalue weighted by Gasteiger charge is 2.47. The number of carbonyl (C=O) groups is 2. The Kier molecular flexibility index (Phi) is 5.10. The maximum Gasteiger partial charge on any atom is 0.228 e. The van der Waals surface area contributed by atoms with Gasteiger partial charge in [0.15, 0.2) is 0 Å². The molecule has 2 N–H and O–H groups in total. The maximum absolute atomic E-state index is 12.3. The second-order valence-electron chi connectivity index (χ2n) is 6.12. The molecule has 1 aliphatic carbocycles. The largest absolute Gasteiger partial charge is 0.356 e. The normalized spacial score (nSPS) is 18.0. The molecule has 0 saturated heterocycles. The number of benzene rings is 2. The van der Waals surface area contributed by atoms with E-state index in [1.165, 1.54) is 5.56 Å². The van der Waals surface area contributed by atoms with Crippen LogP contribution in [0.15, 0.2) is 54.6 Å². The topological polar surface area (TPSA) is 82.0 Å². The van der Waals surface area contributed by atoms with Gasteiger partial charge in [-0.2, -0.15) is 5.26 Å². The van der Waals surface area contributed by atoms with Gasteiger partial charge in [0.25, 0.3) is 0 Å². The van der Waals surface area contributed by atoms with E-state index in [2.05, 4.69) is 10.6 Å². The first kappa shape index (κ1) is 16.7. The van der Waals surface area contributed by atoms with Crippen LogP contribution < -0.4 is 10.6 Å². The number of rotatable bonds is 6. The number of nitrogens with zero attached hydrogens (tertiary/aromatic N) is 1. The maximum atomic E-state index is 12.3. The smallest absolute Gasteiger partial charge is 0.228 e. The van der Waals surface area contributed by atoms with Crippen LogP contribution in [-0.4, -0.2) is 18.4 Å². The molecule has 2 aromatic rings. The van der Waals surface area contributed by atoms with Gasteiger partial charge in [-0.15, -0.1) is 0 Å². The van der Waals surface area contributed by atoms with Crippen LogP contribution in [0.2, 0.25) is 0 Å². The van der Waals surface area contributed by atoms with Crippen molar-refractivity contribution in [3.8, 4) is 6.07 Å². The summed E-state index contributed by atoms with van der Waals surface area (Å²) in [5.74, 6) is -0.871. The molecule has 2 unspecified atom stereocenters. The quantitative estimate of drug-likeness (QED) is 0.852. The Hall–Kier alpha value is -3.13. The van der Waals surface area contributed by atoms with Gasteiger partial charge in [-0.05, 0) is 30.5 Å². The van der Waals surface area contributed by atoms with Gasteiger partial charge in [0.05, 0.1) is 23.1 Å². The van der Waals surface area contributed by atoms with Crippen molar-refractivity contribution in [1.29, 1.82) is 5.26 Å². The van der Waals surface area contributed by atoms with Crippen LogP contribution >= 0.6 is 0 Å². The molecule has 1 aliphatic rings. The van der Waals surface area contributed by atoms with Gasteiger partial charge in [0.1, 0.15) is 6.07 Å². The van der Waals surface area contributed by atoms with Crippen molar-refractivity contribution in [2.45, 2.75) is 12.8 Å². The molecule has 0 aromatic heterocycles. The highest BCUT2D eigenvalue weighted by Crippen LogP contribution is 2.39. The van der Waals surface area contributed by atoms with Crippen LogP contribution in [0.4, 0.5) is 5.69 Å². The van der Waals surface area contributed by atoms with Gasteiger partial charge in [-0.25, -0.2) is 0 Å². The molecular formula is C20H19N3O2. The van der Waals surface area contributed by atoms with Gasteiger partial charge >= 0.3 is 0 Å². The van der Waals surface area contributed by atoms with E-state index in [0.717, 1.165) is 6.42 Å². The molecule has 0 aliphatic heterocycles. The van der Waals surface area contributed by atoms with E-state index < -0.39 is 0 Å². The molecule has 1 saturated carbocycles. The predicted molar refractivity (Wildman–Crippen MR) is 94.5 cm³/mol. The van der Waals surface area contributed by atoms with Crippen molar-refractivity contribution in [2.24, 2.45) is 11.8 Å². The van der Waals surface area contributed by atoms with Crippen molar-refractivity contribution < 1.29 is 9.59 Å². The van der Waals surface area contributed by atoms with E-state index in [1.54, 1.807) is 24.3 Å². The molecule has 3 rings (SSSR count). The summed E-state index contributed by atoms with van der Waals surface area (Å²) in [6.45, 7) is 0.560. The number of amides is 2. The zero-order chi connectivity index (χ0) is 17.6.